The first-order valence-electron chi connectivity index (χ1n) is 10.1. The van der Waals surface area contributed by atoms with Crippen molar-refractivity contribution in [1.82, 2.24) is 4.98 Å². The van der Waals surface area contributed by atoms with E-state index in [9.17, 15) is 5.11 Å². The Labute approximate surface area is 171 Å². The maximum atomic E-state index is 10.2. The molecule has 146 valence electrons. The van der Waals surface area contributed by atoms with Crippen molar-refractivity contribution in [2.45, 2.75) is 26.7 Å². The van der Waals surface area contributed by atoms with Crippen LogP contribution in [0, 0.1) is 6.92 Å². The highest BCUT2D eigenvalue weighted by Gasteiger charge is 2.15. The minimum absolute atomic E-state index is 0.255. The number of phenolic OH excluding ortho intramolecular Hbond substituents is 1. The van der Waals surface area contributed by atoms with Gasteiger partial charge in [-0.15, -0.1) is 0 Å². The zero-order chi connectivity index (χ0) is 20.2. The second-order valence-electron chi connectivity index (χ2n) is 7.24. The van der Waals surface area contributed by atoms with Crippen molar-refractivity contribution in [3.8, 4) is 33.8 Å². The maximum Gasteiger partial charge on any atom is 0.133 e. The Morgan fingerprint density at radius 2 is 1.72 bits per heavy atom. The lowest BCUT2D eigenvalue weighted by molar-refractivity contribution is 0.306. The van der Waals surface area contributed by atoms with Crippen LogP contribution in [-0.4, -0.2) is 16.7 Å². The Hall–Kier alpha value is -3.33. The molecule has 3 heteroatoms. The number of pyridine rings is 1. The first-order chi connectivity index (χ1) is 14.2. The molecule has 0 spiro atoms. The fourth-order valence-electron chi connectivity index (χ4n) is 3.59. The van der Waals surface area contributed by atoms with Gasteiger partial charge in [0.2, 0.25) is 0 Å². The van der Waals surface area contributed by atoms with Crippen LogP contribution in [0.2, 0.25) is 0 Å². The minimum atomic E-state index is 0.255. The fraction of sp³-hybridized carbons (Fsp3) is 0.192. The van der Waals surface area contributed by atoms with Gasteiger partial charge in [-0.2, -0.15) is 0 Å². The molecule has 1 aromatic heterocycles. The van der Waals surface area contributed by atoms with Gasteiger partial charge in [0.05, 0.1) is 12.1 Å². The van der Waals surface area contributed by atoms with Gasteiger partial charge in [-0.25, -0.2) is 0 Å². The van der Waals surface area contributed by atoms with Crippen LogP contribution in [0.3, 0.4) is 0 Å². The summed E-state index contributed by atoms with van der Waals surface area (Å²) in [6.07, 6.45) is 3.88. The second-order valence-corrected chi connectivity index (χ2v) is 7.24. The molecule has 0 unspecified atom stereocenters. The molecule has 0 radical (unpaired) electrons. The van der Waals surface area contributed by atoms with Gasteiger partial charge < -0.3 is 9.84 Å². The van der Waals surface area contributed by atoms with Crippen LogP contribution in [0.4, 0.5) is 0 Å². The molecule has 0 atom stereocenters. The van der Waals surface area contributed by atoms with E-state index in [2.05, 4.69) is 42.2 Å². The van der Waals surface area contributed by atoms with E-state index in [1.165, 1.54) is 5.56 Å². The summed E-state index contributed by atoms with van der Waals surface area (Å²) in [6, 6.07) is 22.4. The summed E-state index contributed by atoms with van der Waals surface area (Å²) in [5.74, 6) is 1.00. The van der Waals surface area contributed by atoms with E-state index < -0.39 is 0 Å². The summed E-state index contributed by atoms with van der Waals surface area (Å²) in [5, 5.41) is 11.3. The number of benzene rings is 3. The molecule has 3 nitrogen and oxygen atoms in total. The average molecular weight is 383 g/mol. The summed E-state index contributed by atoms with van der Waals surface area (Å²) < 4.78 is 6.11. The largest absolute Gasteiger partial charge is 0.508 e. The lowest BCUT2D eigenvalue weighted by atomic mass is 9.96. The van der Waals surface area contributed by atoms with E-state index in [-0.39, 0.29) is 5.75 Å². The molecule has 0 aliphatic rings. The summed E-state index contributed by atoms with van der Waals surface area (Å²) >= 11 is 0. The van der Waals surface area contributed by atoms with Gasteiger partial charge in [-0.05, 0) is 54.3 Å². The van der Waals surface area contributed by atoms with Crippen LogP contribution in [0.15, 0.2) is 72.9 Å². The summed E-state index contributed by atoms with van der Waals surface area (Å²) in [5.41, 5.74) is 6.06. The molecule has 1 N–H and O–H groups in total. The molecule has 0 fully saturated rings. The van der Waals surface area contributed by atoms with Gasteiger partial charge in [0.1, 0.15) is 11.5 Å². The van der Waals surface area contributed by atoms with Crippen LogP contribution in [0.5, 0.6) is 11.5 Å². The van der Waals surface area contributed by atoms with Crippen LogP contribution >= 0.6 is 0 Å². The molecule has 4 rings (SSSR count). The maximum absolute atomic E-state index is 10.2. The molecule has 0 aliphatic carbocycles. The lowest BCUT2D eigenvalue weighted by Gasteiger charge is -2.17. The van der Waals surface area contributed by atoms with Crippen LogP contribution < -0.4 is 4.74 Å². The number of rotatable bonds is 6. The standard InChI is InChI=1S/C26H25NO2/c1-3-4-16-29-26-18(2)25(28)13-12-23(26)21-14-15-27-24-17-20(10-11-22(21)24)19-8-6-5-7-9-19/h5-15,17,28H,3-4,16H2,1-2H3. The first-order valence-corrected chi connectivity index (χ1v) is 10.1. The number of nitrogens with zero attached hydrogens (tertiary/aromatic N) is 1. The Balaban J connectivity index is 1.83. The number of aromatic hydroxyl groups is 1. The second kappa shape index (κ2) is 8.36. The molecule has 0 amide bonds. The highest BCUT2D eigenvalue weighted by Crippen LogP contribution is 2.40. The summed E-state index contributed by atoms with van der Waals surface area (Å²) in [7, 11) is 0. The molecule has 0 saturated carbocycles. The van der Waals surface area contributed by atoms with Crippen LogP contribution in [-0.2, 0) is 0 Å². The molecule has 3 aromatic carbocycles. The monoisotopic (exact) mass is 383 g/mol. The predicted octanol–water partition coefficient (Wildman–Crippen LogP) is 6.76. The van der Waals surface area contributed by atoms with Gasteiger partial charge in [-0.1, -0.05) is 55.8 Å². The molecule has 0 bridgehead atoms. The highest BCUT2D eigenvalue weighted by atomic mass is 16.5. The average Bonchev–Trinajstić information content (AvgIpc) is 2.77. The first kappa shape index (κ1) is 19.0. The number of ether oxygens (including phenoxy) is 1. The normalized spacial score (nSPS) is 11.0. The number of aromatic nitrogens is 1. The van der Waals surface area contributed by atoms with E-state index in [1.807, 2.05) is 43.5 Å². The third-order valence-electron chi connectivity index (χ3n) is 5.26. The zero-order valence-electron chi connectivity index (χ0n) is 16.9. The topological polar surface area (TPSA) is 42.4 Å². The van der Waals surface area contributed by atoms with Crippen molar-refractivity contribution < 1.29 is 9.84 Å². The third-order valence-corrected chi connectivity index (χ3v) is 5.26. The van der Waals surface area contributed by atoms with Gasteiger partial charge in [0, 0.05) is 22.7 Å². The molecule has 4 aromatic rings. The fourth-order valence-corrected chi connectivity index (χ4v) is 3.59. The van der Waals surface area contributed by atoms with Gasteiger partial charge >= 0.3 is 0 Å². The Morgan fingerprint density at radius 1 is 0.897 bits per heavy atom. The van der Waals surface area contributed by atoms with E-state index in [0.29, 0.717) is 6.61 Å². The van der Waals surface area contributed by atoms with Crippen LogP contribution in [0.1, 0.15) is 25.3 Å². The van der Waals surface area contributed by atoms with E-state index in [0.717, 1.165) is 51.7 Å². The van der Waals surface area contributed by atoms with E-state index in [1.54, 1.807) is 6.07 Å². The number of hydrogen-bond donors (Lipinski definition) is 1. The van der Waals surface area contributed by atoms with Crippen LogP contribution in [0.25, 0.3) is 33.2 Å². The van der Waals surface area contributed by atoms with Gasteiger partial charge in [-0.3, -0.25) is 4.98 Å². The van der Waals surface area contributed by atoms with Crippen molar-refractivity contribution in [3.63, 3.8) is 0 Å². The molecule has 29 heavy (non-hydrogen) atoms. The Morgan fingerprint density at radius 3 is 2.52 bits per heavy atom. The third kappa shape index (κ3) is 3.81. The Kier molecular flexibility index (Phi) is 5.48. The van der Waals surface area contributed by atoms with Crippen molar-refractivity contribution in [2.24, 2.45) is 0 Å². The molecular weight excluding hydrogens is 358 g/mol. The number of fused-ring (bicyclic) bond motifs is 1. The van der Waals surface area contributed by atoms with E-state index >= 15 is 0 Å². The number of unbranched alkanes of at least 4 members (excludes halogenated alkanes) is 1. The van der Waals surface area contributed by atoms with Crippen molar-refractivity contribution in [3.05, 3.63) is 78.5 Å². The summed E-state index contributed by atoms with van der Waals surface area (Å²) in [6.45, 7) is 4.67. The lowest BCUT2D eigenvalue weighted by Crippen LogP contribution is -2.00. The minimum Gasteiger partial charge on any atom is -0.508 e. The van der Waals surface area contributed by atoms with Crippen molar-refractivity contribution in [1.29, 1.82) is 0 Å². The zero-order valence-corrected chi connectivity index (χ0v) is 16.9. The molecule has 0 saturated heterocycles. The van der Waals surface area contributed by atoms with E-state index in [4.69, 9.17) is 4.74 Å². The summed E-state index contributed by atoms with van der Waals surface area (Å²) in [4.78, 5) is 4.61. The van der Waals surface area contributed by atoms with Gasteiger partial charge in [0.25, 0.3) is 0 Å². The van der Waals surface area contributed by atoms with Crippen molar-refractivity contribution in [2.75, 3.05) is 6.61 Å². The predicted molar refractivity (Wildman–Crippen MR) is 119 cm³/mol. The molecule has 1 heterocycles. The quantitative estimate of drug-likeness (QED) is 0.374. The van der Waals surface area contributed by atoms with Crippen molar-refractivity contribution >= 4 is 10.9 Å². The number of hydrogen-bond acceptors (Lipinski definition) is 3. The molecular formula is C26H25NO2. The highest BCUT2D eigenvalue weighted by molar-refractivity contribution is 5.98. The van der Waals surface area contributed by atoms with Gasteiger partial charge in [0.15, 0.2) is 0 Å². The smallest absolute Gasteiger partial charge is 0.133 e. The Bertz CT molecular complexity index is 1140. The number of phenols is 1. The molecule has 0 aliphatic heterocycles. The SMILES string of the molecule is CCCCOc1c(-c2ccnc3cc(-c4ccccc4)ccc23)ccc(O)c1C.